The third kappa shape index (κ3) is 3.00. The van der Waals surface area contributed by atoms with Crippen LogP contribution in [0.2, 0.25) is 0 Å². The molecule has 24 heavy (non-hydrogen) atoms. The van der Waals surface area contributed by atoms with Crippen molar-refractivity contribution in [3.63, 3.8) is 0 Å². The zero-order chi connectivity index (χ0) is 17.5. The number of aldehydes is 1. The van der Waals surface area contributed by atoms with Gasteiger partial charge in [0, 0.05) is 12.3 Å². The Balaban J connectivity index is 1.97. The predicted octanol–water partition coefficient (Wildman–Crippen LogP) is 3.95. The molecule has 2 fully saturated rings. The summed E-state index contributed by atoms with van der Waals surface area (Å²) in [5, 5.41) is 9.78. The highest BCUT2D eigenvalue weighted by molar-refractivity contribution is 5.73. The molecule has 0 aromatic carbocycles. The van der Waals surface area contributed by atoms with Crippen molar-refractivity contribution in [2.45, 2.75) is 71.7 Å². The summed E-state index contributed by atoms with van der Waals surface area (Å²) in [4.78, 5) is 22.0. The molecule has 3 aliphatic rings. The van der Waals surface area contributed by atoms with Crippen molar-refractivity contribution in [1.29, 1.82) is 0 Å². The second-order valence-electron chi connectivity index (χ2n) is 8.75. The molecule has 1 aliphatic heterocycles. The lowest BCUT2D eigenvalue weighted by Gasteiger charge is -2.58. The zero-order valence-electron chi connectivity index (χ0n) is 15.1. The van der Waals surface area contributed by atoms with Crippen LogP contribution in [0.1, 0.15) is 59.3 Å². The monoisotopic (exact) mass is 334 g/mol. The van der Waals surface area contributed by atoms with E-state index in [2.05, 4.69) is 27.4 Å². The number of aliphatic hydroxyl groups is 1. The Hall–Kier alpha value is -0.970. The first kappa shape index (κ1) is 17.8. The van der Waals surface area contributed by atoms with Crippen LogP contribution in [-0.2, 0) is 14.6 Å². The van der Waals surface area contributed by atoms with Gasteiger partial charge >= 0.3 is 0 Å². The van der Waals surface area contributed by atoms with Crippen molar-refractivity contribution in [2.24, 2.45) is 22.7 Å². The molecule has 0 saturated heterocycles. The summed E-state index contributed by atoms with van der Waals surface area (Å²) in [7, 11) is 0. The first-order chi connectivity index (χ1) is 11.3. The molecular formula is C20H30O4. The van der Waals surface area contributed by atoms with Gasteiger partial charge in [-0.2, -0.15) is 0 Å². The van der Waals surface area contributed by atoms with Crippen LogP contribution in [0.15, 0.2) is 23.8 Å². The molecule has 0 spiro atoms. The molecule has 1 N–H and O–H groups in total. The molecular weight excluding hydrogens is 304 g/mol. The lowest BCUT2D eigenvalue weighted by atomic mass is 9.47. The van der Waals surface area contributed by atoms with E-state index in [4.69, 9.17) is 9.78 Å². The van der Waals surface area contributed by atoms with Gasteiger partial charge in [-0.3, -0.25) is 4.79 Å². The van der Waals surface area contributed by atoms with Crippen LogP contribution < -0.4 is 0 Å². The molecule has 1 heterocycles. The van der Waals surface area contributed by atoms with Gasteiger partial charge in [0.1, 0.15) is 12.4 Å². The van der Waals surface area contributed by atoms with Crippen molar-refractivity contribution in [3.8, 4) is 0 Å². The minimum absolute atomic E-state index is 0.0743. The summed E-state index contributed by atoms with van der Waals surface area (Å²) >= 11 is 0. The molecule has 2 aliphatic carbocycles. The Morgan fingerprint density at radius 1 is 1.29 bits per heavy atom. The molecule has 0 bridgehead atoms. The average Bonchev–Trinajstić information content (AvgIpc) is 2.67. The van der Waals surface area contributed by atoms with E-state index >= 15 is 0 Å². The molecule has 5 atom stereocenters. The maximum Gasteiger partial charge on any atom is 0.192 e. The predicted molar refractivity (Wildman–Crippen MR) is 91.8 cm³/mol. The molecule has 4 heteroatoms. The molecule has 0 aromatic heterocycles. The van der Waals surface area contributed by atoms with Crippen LogP contribution in [-0.4, -0.2) is 23.8 Å². The Bertz CT molecular complexity index is 550. The molecule has 0 unspecified atom stereocenters. The first-order valence-corrected chi connectivity index (χ1v) is 9.11. The second kappa shape index (κ2) is 6.40. The van der Waals surface area contributed by atoms with Crippen molar-refractivity contribution in [1.82, 2.24) is 0 Å². The van der Waals surface area contributed by atoms with E-state index in [0.29, 0.717) is 16.9 Å². The van der Waals surface area contributed by atoms with Crippen molar-refractivity contribution in [3.05, 3.63) is 23.8 Å². The summed E-state index contributed by atoms with van der Waals surface area (Å²) in [6, 6.07) is 0. The SMILES string of the molecule is C=C1CC[C@H]2C(C)(C)CCC[C@@]2(C)[C@@H]1[C@H]1C=C(C=O)C[C@@H](O)OO1. The number of hydrogen-bond acceptors (Lipinski definition) is 4. The average molecular weight is 334 g/mol. The van der Waals surface area contributed by atoms with E-state index in [-0.39, 0.29) is 23.9 Å². The van der Waals surface area contributed by atoms with E-state index < -0.39 is 6.29 Å². The third-order valence-corrected chi connectivity index (χ3v) is 6.73. The smallest absolute Gasteiger partial charge is 0.192 e. The van der Waals surface area contributed by atoms with Gasteiger partial charge in [-0.1, -0.05) is 39.3 Å². The fourth-order valence-electron chi connectivity index (χ4n) is 5.73. The Morgan fingerprint density at radius 2 is 2.04 bits per heavy atom. The van der Waals surface area contributed by atoms with Gasteiger partial charge in [0.2, 0.25) is 0 Å². The Morgan fingerprint density at radius 3 is 2.75 bits per heavy atom. The number of rotatable bonds is 2. The zero-order valence-corrected chi connectivity index (χ0v) is 15.1. The number of hydrogen-bond donors (Lipinski definition) is 1. The summed E-state index contributed by atoms with van der Waals surface area (Å²) in [6.07, 6.45) is 7.10. The molecule has 0 aromatic rings. The third-order valence-electron chi connectivity index (χ3n) is 6.73. The van der Waals surface area contributed by atoms with Gasteiger partial charge in [-0.05, 0) is 54.1 Å². The summed E-state index contributed by atoms with van der Waals surface area (Å²) < 4.78 is 0. The van der Waals surface area contributed by atoms with Gasteiger partial charge < -0.3 is 5.11 Å². The normalized spacial score (nSPS) is 42.7. The van der Waals surface area contributed by atoms with Crippen LogP contribution in [0.25, 0.3) is 0 Å². The Labute approximate surface area is 144 Å². The maximum atomic E-state index is 11.3. The lowest BCUT2D eigenvalue weighted by molar-refractivity contribution is -0.389. The quantitative estimate of drug-likeness (QED) is 0.472. The molecule has 4 nitrogen and oxygen atoms in total. The van der Waals surface area contributed by atoms with E-state index in [9.17, 15) is 9.90 Å². The van der Waals surface area contributed by atoms with E-state index in [1.54, 1.807) is 0 Å². The van der Waals surface area contributed by atoms with Gasteiger partial charge in [0.05, 0.1) is 0 Å². The summed E-state index contributed by atoms with van der Waals surface area (Å²) in [5.41, 5.74) is 2.09. The van der Waals surface area contributed by atoms with Gasteiger partial charge in [0.25, 0.3) is 0 Å². The summed E-state index contributed by atoms with van der Waals surface area (Å²) in [6.45, 7) is 11.4. The van der Waals surface area contributed by atoms with Crippen LogP contribution in [0.3, 0.4) is 0 Å². The highest BCUT2D eigenvalue weighted by atomic mass is 17.2. The second-order valence-corrected chi connectivity index (χ2v) is 8.75. The lowest BCUT2D eigenvalue weighted by Crippen LogP contribution is -2.52. The van der Waals surface area contributed by atoms with E-state index in [0.717, 1.165) is 19.1 Å². The fourth-order valence-corrected chi connectivity index (χ4v) is 5.73. The van der Waals surface area contributed by atoms with Gasteiger partial charge in [0.15, 0.2) is 6.29 Å². The highest BCUT2D eigenvalue weighted by Gasteiger charge is 2.55. The molecule has 2 saturated carbocycles. The minimum Gasteiger partial charge on any atom is -0.365 e. The van der Waals surface area contributed by atoms with Crippen molar-refractivity contribution in [2.75, 3.05) is 0 Å². The van der Waals surface area contributed by atoms with Crippen molar-refractivity contribution < 1.29 is 19.7 Å². The van der Waals surface area contributed by atoms with Crippen LogP contribution in [0, 0.1) is 22.7 Å². The van der Waals surface area contributed by atoms with Gasteiger partial charge in [-0.25, -0.2) is 9.78 Å². The van der Waals surface area contributed by atoms with E-state index in [1.807, 2.05) is 6.08 Å². The number of carbonyl (C=O) groups is 1. The molecule has 0 radical (unpaired) electrons. The first-order valence-electron chi connectivity index (χ1n) is 9.11. The largest absolute Gasteiger partial charge is 0.365 e. The van der Waals surface area contributed by atoms with E-state index in [1.165, 1.54) is 24.8 Å². The van der Waals surface area contributed by atoms with Crippen molar-refractivity contribution >= 4 is 6.29 Å². The van der Waals surface area contributed by atoms with Crippen LogP contribution in [0.5, 0.6) is 0 Å². The number of fused-ring (bicyclic) bond motifs is 1. The number of carbonyl (C=O) groups excluding carboxylic acids is 1. The number of aliphatic hydroxyl groups excluding tert-OH is 1. The van der Waals surface area contributed by atoms with Crippen LogP contribution >= 0.6 is 0 Å². The maximum absolute atomic E-state index is 11.3. The molecule has 134 valence electrons. The van der Waals surface area contributed by atoms with Crippen LogP contribution in [0.4, 0.5) is 0 Å². The minimum atomic E-state index is -1.09. The van der Waals surface area contributed by atoms with Gasteiger partial charge in [-0.15, -0.1) is 0 Å². The molecule has 0 amide bonds. The fraction of sp³-hybridized carbons (Fsp3) is 0.750. The molecule has 3 rings (SSSR count). The Kier molecular flexibility index (Phi) is 4.75. The topological polar surface area (TPSA) is 55.8 Å². The summed E-state index contributed by atoms with van der Waals surface area (Å²) in [5.74, 6) is 0.704. The highest BCUT2D eigenvalue weighted by Crippen LogP contribution is 2.62. The standard InChI is InChI=1S/C20H30O4/c1-13-6-7-16-19(2,3)8-5-9-20(16,4)18(13)15-10-14(12-21)11-17(22)24-23-15/h10,12,15-18,22H,1,5-9,11H2,2-4H3/t15-,16+,17+,18+,20-/m1/s1.